The van der Waals surface area contributed by atoms with Gasteiger partial charge in [0.25, 0.3) is 0 Å². The molecule has 0 saturated carbocycles. The summed E-state index contributed by atoms with van der Waals surface area (Å²) in [7, 11) is 0. The minimum atomic E-state index is -0.761. The van der Waals surface area contributed by atoms with Crippen molar-refractivity contribution in [3.63, 3.8) is 0 Å². The lowest BCUT2D eigenvalue weighted by molar-refractivity contribution is -0.167. The summed E-state index contributed by atoms with van der Waals surface area (Å²) in [5.41, 5.74) is 0. The molecule has 0 fully saturated rings. The number of hydrogen-bond donors (Lipinski definition) is 0. The topological polar surface area (TPSA) is 78.9 Å². The van der Waals surface area contributed by atoms with Crippen molar-refractivity contribution in [3.05, 3.63) is 0 Å². The van der Waals surface area contributed by atoms with E-state index in [1.807, 2.05) is 0 Å². The van der Waals surface area contributed by atoms with E-state index < -0.39 is 6.10 Å². The van der Waals surface area contributed by atoms with Gasteiger partial charge in [-0.15, -0.1) is 0 Å². The first-order valence-electron chi connectivity index (χ1n) is 26.7. The van der Waals surface area contributed by atoms with Crippen molar-refractivity contribution in [1.29, 1.82) is 0 Å². The van der Waals surface area contributed by atoms with Gasteiger partial charge in [-0.3, -0.25) is 14.4 Å². The second kappa shape index (κ2) is 46.9. The van der Waals surface area contributed by atoms with E-state index in [1.165, 1.54) is 186 Å². The van der Waals surface area contributed by atoms with Crippen LogP contribution in [0.4, 0.5) is 0 Å². The molecule has 0 bridgehead atoms. The minimum Gasteiger partial charge on any atom is -0.462 e. The zero-order valence-corrected chi connectivity index (χ0v) is 41.1. The van der Waals surface area contributed by atoms with Crippen molar-refractivity contribution in [2.75, 3.05) is 13.2 Å². The lowest BCUT2D eigenvalue weighted by Gasteiger charge is -2.18. The van der Waals surface area contributed by atoms with Crippen molar-refractivity contribution >= 4 is 17.9 Å². The number of ether oxygens (including phenoxy) is 3. The standard InChI is InChI=1S/C54H104O6/c1-6-7-8-9-10-11-20-24-29-34-39-44-52(55)58-47-51(60-54(57)46-41-36-31-26-28-33-38-43-50(4)5)48-59-53(56)45-40-35-30-25-22-19-17-15-13-12-14-16-18-21-23-27-32-37-42-49(2)3/h49-51H,6-48H2,1-5H3/t51-/m0/s1. The summed E-state index contributed by atoms with van der Waals surface area (Å²) < 4.78 is 16.8. The highest BCUT2D eigenvalue weighted by Crippen LogP contribution is 2.18. The zero-order valence-electron chi connectivity index (χ0n) is 41.1. The maximum absolute atomic E-state index is 12.7. The summed E-state index contributed by atoms with van der Waals surface area (Å²) in [6, 6.07) is 0. The number of carbonyl (C=O) groups excluding carboxylic acids is 3. The van der Waals surface area contributed by atoms with E-state index in [9.17, 15) is 14.4 Å². The van der Waals surface area contributed by atoms with Crippen LogP contribution in [0.3, 0.4) is 0 Å². The van der Waals surface area contributed by atoms with Gasteiger partial charge in [-0.2, -0.15) is 0 Å². The fourth-order valence-corrected chi connectivity index (χ4v) is 8.17. The summed E-state index contributed by atoms with van der Waals surface area (Å²) in [6.45, 7) is 11.3. The Morgan fingerprint density at radius 2 is 0.550 bits per heavy atom. The Balaban J connectivity index is 4.17. The van der Waals surface area contributed by atoms with Crippen LogP contribution in [-0.4, -0.2) is 37.2 Å². The van der Waals surface area contributed by atoms with Gasteiger partial charge in [0, 0.05) is 19.3 Å². The van der Waals surface area contributed by atoms with Crippen LogP contribution < -0.4 is 0 Å². The molecule has 0 aromatic rings. The largest absolute Gasteiger partial charge is 0.462 e. The van der Waals surface area contributed by atoms with Crippen LogP contribution in [0.5, 0.6) is 0 Å². The predicted octanol–water partition coefficient (Wildman–Crippen LogP) is 17.3. The molecule has 6 nitrogen and oxygen atoms in total. The average Bonchev–Trinajstić information content (AvgIpc) is 3.22. The first-order valence-corrected chi connectivity index (χ1v) is 26.7. The molecule has 0 aromatic heterocycles. The molecule has 0 aliphatic rings. The molecule has 0 spiro atoms. The summed E-state index contributed by atoms with van der Waals surface area (Å²) in [5.74, 6) is 0.786. The number of rotatable bonds is 48. The molecule has 0 radical (unpaired) electrons. The van der Waals surface area contributed by atoms with Crippen LogP contribution in [0, 0.1) is 11.8 Å². The van der Waals surface area contributed by atoms with E-state index in [4.69, 9.17) is 14.2 Å². The summed E-state index contributed by atoms with van der Waals surface area (Å²) in [4.78, 5) is 37.9. The molecule has 0 unspecified atom stereocenters. The van der Waals surface area contributed by atoms with Crippen molar-refractivity contribution in [1.82, 2.24) is 0 Å². The molecule has 0 aliphatic carbocycles. The Hall–Kier alpha value is -1.59. The minimum absolute atomic E-state index is 0.0641. The van der Waals surface area contributed by atoms with Crippen molar-refractivity contribution < 1.29 is 28.6 Å². The van der Waals surface area contributed by atoms with Gasteiger partial charge < -0.3 is 14.2 Å². The van der Waals surface area contributed by atoms with Gasteiger partial charge in [-0.25, -0.2) is 0 Å². The highest BCUT2D eigenvalue weighted by Gasteiger charge is 2.19. The fraction of sp³-hybridized carbons (Fsp3) is 0.944. The zero-order chi connectivity index (χ0) is 44.0. The molecule has 1 atom stereocenters. The van der Waals surface area contributed by atoms with Crippen LogP contribution in [0.15, 0.2) is 0 Å². The molecule has 0 saturated heterocycles. The van der Waals surface area contributed by atoms with Gasteiger partial charge >= 0.3 is 17.9 Å². The third kappa shape index (κ3) is 47.5. The van der Waals surface area contributed by atoms with Gasteiger partial charge in [0.05, 0.1) is 0 Å². The SMILES string of the molecule is CCCCCCCCCCCCCC(=O)OC[C@@H](COC(=O)CCCCCCCCCCCCCCCCCCCCC(C)C)OC(=O)CCCCCCCCCC(C)C. The van der Waals surface area contributed by atoms with Gasteiger partial charge in [-0.1, -0.05) is 259 Å². The number of hydrogen-bond acceptors (Lipinski definition) is 6. The average molecular weight is 849 g/mol. The van der Waals surface area contributed by atoms with Crippen LogP contribution in [0.25, 0.3) is 0 Å². The van der Waals surface area contributed by atoms with Crippen LogP contribution >= 0.6 is 0 Å². The molecular weight excluding hydrogens is 745 g/mol. The van der Waals surface area contributed by atoms with E-state index >= 15 is 0 Å². The Bertz CT molecular complexity index is 916. The Labute approximate surface area is 374 Å². The van der Waals surface area contributed by atoms with E-state index in [0.29, 0.717) is 19.3 Å². The molecule has 0 heterocycles. The van der Waals surface area contributed by atoms with E-state index in [2.05, 4.69) is 34.6 Å². The summed E-state index contributed by atoms with van der Waals surface area (Å²) in [5, 5.41) is 0. The second-order valence-corrected chi connectivity index (χ2v) is 19.5. The lowest BCUT2D eigenvalue weighted by Crippen LogP contribution is -2.30. The number of esters is 3. The van der Waals surface area contributed by atoms with Gasteiger partial charge in [-0.05, 0) is 31.1 Å². The monoisotopic (exact) mass is 849 g/mol. The second-order valence-electron chi connectivity index (χ2n) is 19.5. The van der Waals surface area contributed by atoms with E-state index in [0.717, 1.165) is 69.6 Å². The molecule has 0 N–H and O–H groups in total. The maximum atomic E-state index is 12.7. The maximum Gasteiger partial charge on any atom is 0.306 e. The van der Waals surface area contributed by atoms with Crippen molar-refractivity contribution in [2.24, 2.45) is 11.8 Å². The van der Waals surface area contributed by atoms with Gasteiger partial charge in [0.15, 0.2) is 6.10 Å². The van der Waals surface area contributed by atoms with E-state index in [-0.39, 0.29) is 31.1 Å². The van der Waals surface area contributed by atoms with Crippen LogP contribution in [0.1, 0.15) is 298 Å². The molecule has 0 aromatic carbocycles. The first kappa shape index (κ1) is 58.4. The third-order valence-electron chi connectivity index (χ3n) is 12.2. The smallest absolute Gasteiger partial charge is 0.306 e. The van der Waals surface area contributed by atoms with Crippen LogP contribution in [-0.2, 0) is 28.6 Å². The highest BCUT2D eigenvalue weighted by molar-refractivity contribution is 5.71. The Morgan fingerprint density at radius 3 is 0.817 bits per heavy atom. The van der Waals surface area contributed by atoms with Crippen molar-refractivity contribution in [3.8, 4) is 0 Å². The summed E-state index contributed by atoms with van der Waals surface area (Å²) >= 11 is 0. The Morgan fingerprint density at radius 1 is 0.317 bits per heavy atom. The molecule has 60 heavy (non-hydrogen) atoms. The van der Waals surface area contributed by atoms with Crippen molar-refractivity contribution in [2.45, 2.75) is 304 Å². The first-order chi connectivity index (χ1) is 29.2. The highest BCUT2D eigenvalue weighted by atomic mass is 16.6. The van der Waals surface area contributed by atoms with Gasteiger partial charge in [0.2, 0.25) is 0 Å². The molecule has 0 rings (SSSR count). The molecule has 6 heteroatoms. The Kier molecular flexibility index (Phi) is 45.7. The molecular formula is C54H104O6. The quantitative estimate of drug-likeness (QED) is 0.0345. The molecule has 0 amide bonds. The molecule has 356 valence electrons. The third-order valence-corrected chi connectivity index (χ3v) is 12.2. The molecule has 0 aliphatic heterocycles. The van der Waals surface area contributed by atoms with E-state index in [1.54, 1.807) is 0 Å². The van der Waals surface area contributed by atoms with Gasteiger partial charge in [0.1, 0.15) is 13.2 Å². The van der Waals surface area contributed by atoms with Crippen LogP contribution in [0.2, 0.25) is 0 Å². The number of unbranched alkanes of at least 4 members (excludes halogenated alkanes) is 33. The normalized spacial score (nSPS) is 12.1. The summed E-state index contributed by atoms with van der Waals surface area (Å²) in [6.07, 6.45) is 48.2. The number of carbonyl (C=O) groups is 3. The predicted molar refractivity (Wildman–Crippen MR) is 256 cm³/mol. The lowest BCUT2D eigenvalue weighted by atomic mass is 10.0. The fourth-order valence-electron chi connectivity index (χ4n) is 8.17.